The molecule has 3 nitrogen and oxygen atoms in total. The van der Waals surface area contributed by atoms with Crippen LogP contribution in [0.2, 0.25) is 0 Å². The van der Waals surface area contributed by atoms with Crippen molar-refractivity contribution < 1.29 is 0 Å². The van der Waals surface area contributed by atoms with Gasteiger partial charge in [0.2, 0.25) is 0 Å². The molecule has 0 radical (unpaired) electrons. The third kappa shape index (κ3) is 3.17. The Morgan fingerprint density at radius 3 is 2.35 bits per heavy atom. The van der Waals surface area contributed by atoms with Gasteiger partial charge < -0.3 is 5.32 Å². The number of nitrogens with one attached hydrogen (secondary N) is 1. The van der Waals surface area contributed by atoms with Gasteiger partial charge in [-0.2, -0.15) is 0 Å². The van der Waals surface area contributed by atoms with Crippen LogP contribution in [0.3, 0.4) is 0 Å². The molecule has 4 heteroatoms. The van der Waals surface area contributed by atoms with Crippen LogP contribution in [0.5, 0.6) is 0 Å². The first kappa shape index (κ1) is 11.9. The average molecular weight is 248 g/mol. The second kappa shape index (κ2) is 5.64. The van der Waals surface area contributed by atoms with E-state index in [1.165, 1.54) is 5.56 Å². The molecule has 0 saturated carbocycles. The van der Waals surface area contributed by atoms with Gasteiger partial charge in [-0.25, -0.2) is 4.98 Å². The van der Waals surface area contributed by atoms with Crippen molar-refractivity contribution >= 4 is 17.4 Å². The normalized spacial score (nSPS) is 10.2. The van der Waals surface area contributed by atoms with Crippen LogP contribution >= 0.6 is 11.6 Å². The molecule has 0 unspecified atom stereocenters. The SMILES string of the molecule is Cc1nccnc1NCc1ccc(CCl)cc1. The molecule has 0 spiro atoms. The first-order chi connectivity index (χ1) is 8.29. The first-order valence-corrected chi connectivity index (χ1v) is 5.98. The van der Waals surface area contributed by atoms with Gasteiger partial charge >= 0.3 is 0 Å². The van der Waals surface area contributed by atoms with Gasteiger partial charge in [0.05, 0.1) is 5.69 Å². The molecule has 1 aromatic carbocycles. The molecule has 0 bridgehead atoms. The van der Waals surface area contributed by atoms with Crippen molar-refractivity contribution in [3.8, 4) is 0 Å². The summed E-state index contributed by atoms with van der Waals surface area (Å²) in [6.07, 6.45) is 3.38. The lowest BCUT2D eigenvalue weighted by Crippen LogP contribution is -2.03. The van der Waals surface area contributed by atoms with Gasteiger partial charge in [-0.05, 0) is 18.1 Å². The molecule has 0 aliphatic heterocycles. The van der Waals surface area contributed by atoms with E-state index >= 15 is 0 Å². The predicted octanol–water partition coefficient (Wildman–Crippen LogP) is 3.14. The number of alkyl halides is 1. The van der Waals surface area contributed by atoms with Crippen LogP contribution in [0.1, 0.15) is 16.8 Å². The van der Waals surface area contributed by atoms with Crippen LogP contribution in [0.15, 0.2) is 36.7 Å². The molecule has 0 aliphatic carbocycles. The number of anilines is 1. The predicted molar refractivity (Wildman–Crippen MR) is 70.1 cm³/mol. The van der Waals surface area contributed by atoms with Crippen LogP contribution in [0.25, 0.3) is 0 Å². The Kier molecular flexibility index (Phi) is 3.94. The van der Waals surface area contributed by atoms with E-state index in [0.29, 0.717) is 5.88 Å². The molecule has 0 atom stereocenters. The zero-order valence-corrected chi connectivity index (χ0v) is 10.4. The maximum atomic E-state index is 5.74. The van der Waals surface area contributed by atoms with E-state index in [4.69, 9.17) is 11.6 Å². The van der Waals surface area contributed by atoms with Gasteiger partial charge in [-0.3, -0.25) is 4.98 Å². The Balaban J connectivity index is 2.00. The molecule has 17 heavy (non-hydrogen) atoms. The lowest BCUT2D eigenvalue weighted by Gasteiger charge is -2.07. The van der Waals surface area contributed by atoms with Crippen LogP contribution < -0.4 is 5.32 Å². The Morgan fingerprint density at radius 1 is 1.06 bits per heavy atom. The molecule has 2 rings (SSSR count). The van der Waals surface area contributed by atoms with E-state index in [-0.39, 0.29) is 0 Å². The average Bonchev–Trinajstić information content (AvgIpc) is 2.38. The lowest BCUT2D eigenvalue weighted by molar-refractivity contribution is 1.05. The molecule has 1 N–H and O–H groups in total. The molecule has 88 valence electrons. The highest BCUT2D eigenvalue weighted by Crippen LogP contribution is 2.10. The van der Waals surface area contributed by atoms with Crippen LogP contribution in [0.4, 0.5) is 5.82 Å². The molecule has 1 aromatic heterocycles. The minimum absolute atomic E-state index is 0.553. The van der Waals surface area contributed by atoms with Crippen molar-refractivity contribution in [1.82, 2.24) is 9.97 Å². The fourth-order valence-electron chi connectivity index (χ4n) is 1.51. The summed E-state index contributed by atoms with van der Waals surface area (Å²) < 4.78 is 0. The summed E-state index contributed by atoms with van der Waals surface area (Å²) >= 11 is 5.74. The molecule has 0 aliphatic rings. The summed E-state index contributed by atoms with van der Waals surface area (Å²) in [5.41, 5.74) is 3.24. The second-order valence-electron chi connectivity index (χ2n) is 3.79. The summed E-state index contributed by atoms with van der Waals surface area (Å²) in [5, 5.41) is 3.26. The van der Waals surface area contributed by atoms with E-state index in [1.807, 2.05) is 19.1 Å². The van der Waals surface area contributed by atoms with Gasteiger partial charge in [0, 0.05) is 24.8 Å². The molecular weight excluding hydrogens is 234 g/mol. The topological polar surface area (TPSA) is 37.8 Å². The fourth-order valence-corrected chi connectivity index (χ4v) is 1.69. The Morgan fingerprint density at radius 2 is 1.71 bits per heavy atom. The smallest absolute Gasteiger partial charge is 0.147 e. The Bertz CT molecular complexity index is 482. The number of hydrogen-bond acceptors (Lipinski definition) is 3. The summed E-state index contributed by atoms with van der Waals surface area (Å²) in [7, 11) is 0. The standard InChI is InChI=1S/C13H14ClN3/c1-10-13(16-7-6-15-10)17-9-12-4-2-11(8-14)3-5-12/h2-7H,8-9H2,1H3,(H,16,17). The van der Waals surface area contributed by atoms with E-state index in [2.05, 4.69) is 27.4 Å². The molecule has 2 aromatic rings. The largest absolute Gasteiger partial charge is 0.364 e. The van der Waals surface area contributed by atoms with Gasteiger partial charge in [0.25, 0.3) is 0 Å². The molecular formula is C13H14ClN3. The number of aryl methyl sites for hydroxylation is 1. The van der Waals surface area contributed by atoms with Gasteiger partial charge in [0.1, 0.15) is 5.82 Å². The summed E-state index contributed by atoms with van der Waals surface area (Å²) in [5.74, 6) is 1.38. The fraction of sp³-hybridized carbons (Fsp3) is 0.231. The van der Waals surface area contributed by atoms with E-state index in [9.17, 15) is 0 Å². The van der Waals surface area contributed by atoms with Crippen LogP contribution in [-0.2, 0) is 12.4 Å². The van der Waals surface area contributed by atoms with Gasteiger partial charge in [0.15, 0.2) is 0 Å². The monoisotopic (exact) mass is 247 g/mol. The zero-order chi connectivity index (χ0) is 12.1. The van der Waals surface area contributed by atoms with Gasteiger partial charge in [-0.1, -0.05) is 24.3 Å². The highest BCUT2D eigenvalue weighted by Gasteiger charge is 1.99. The summed E-state index contributed by atoms with van der Waals surface area (Å²) in [6.45, 7) is 2.67. The van der Waals surface area contributed by atoms with E-state index in [0.717, 1.165) is 23.6 Å². The van der Waals surface area contributed by atoms with Gasteiger partial charge in [-0.15, -0.1) is 11.6 Å². The van der Waals surface area contributed by atoms with Crippen LogP contribution in [-0.4, -0.2) is 9.97 Å². The number of nitrogens with zero attached hydrogens (tertiary/aromatic N) is 2. The van der Waals surface area contributed by atoms with Crippen molar-refractivity contribution in [3.05, 3.63) is 53.5 Å². The summed E-state index contributed by atoms with van der Waals surface area (Å²) in [6, 6.07) is 8.20. The Labute approximate surface area is 106 Å². The van der Waals surface area contributed by atoms with Crippen molar-refractivity contribution in [1.29, 1.82) is 0 Å². The first-order valence-electron chi connectivity index (χ1n) is 5.45. The molecule has 1 heterocycles. The number of hydrogen-bond donors (Lipinski definition) is 1. The highest BCUT2D eigenvalue weighted by atomic mass is 35.5. The quantitative estimate of drug-likeness (QED) is 0.844. The minimum Gasteiger partial charge on any atom is -0.364 e. The lowest BCUT2D eigenvalue weighted by atomic mass is 10.1. The number of rotatable bonds is 4. The van der Waals surface area contributed by atoms with E-state index < -0.39 is 0 Å². The third-order valence-electron chi connectivity index (χ3n) is 2.52. The number of aromatic nitrogens is 2. The molecule has 0 fully saturated rings. The maximum absolute atomic E-state index is 5.74. The second-order valence-corrected chi connectivity index (χ2v) is 4.06. The van der Waals surface area contributed by atoms with Crippen LogP contribution in [0, 0.1) is 6.92 Å². The van der Waals surface area contributed by atoms with E-state index in [1.54, 1.807) is 12.4 Å². The number of benzene rings is 1. The highest BCUT2D eigenvalue weighted by molar-refractivity contribution is 6.17. The van der Waals surface area contributed by atoms with Crippen molar-refractivity contribution in [3.63, 3.8) is 0 Å². The molecule has 0 amide bonds. The third-order valence-corrected chi connectivity index (χ3v) is 2.83. The van der Waals surface area contributed by atoms with Crippen molar-refractivity contribution in [2.24, 2.45) is 0 Å². The Hall–Kier alpha value is -1.61. The summed E-state index contributed by atoms with van der Waals surface area (Å²) in [4.78, 5) is 8.41. The minimum atomic E-state index is 0.553. The van der Waals surface area contributed by atoms with Crippen molar-refractivity contribution in [2.75, 3.05) is 5.32 Å². The molecule has 0 saturated heterocycles. The zero-order valence-electron chi connectivity index (χ0n) is 9.65. The van der Waals surface area contributed by atoms with Crippen molar-refractivity contribution in [2.45, 2.75) is 19.3 Å². The number of halogens is 1. The maximum Gasteiger partial charge on any atom is 0.147 e.